The van der Waals surface area contributed by atoms with Gasteiger partial charge in [0.2, 0.25) is 0 Å². The lowest BCUT2D eigenvalue weighted by atomic mass is 10.1. The molecule has 5 aromatic rings. The molecule has 304 valence electrons. The van der Waals surface area contributed by atoms with Gasteiger partial charge in [0.25, 0.3) is 0 Å². The number of methoxy groups -OCH3 is 1. The minimum absolute atomic E-state index is 0.0456. The number of carbonyl (C=O) groups excluding carboxylic acids is 4. The molecule has 13 heteroatoms. The van der Waals surface area contributed by atoms with Crippen molar-refractivity contribution in [3.05, 3.63) is 179 Å². The van der Waals surface area contributed by atoms with Crippen LogP contribution in [-0.2, 0) is 49.2 Å². The molecule has 0 aromatic heterocycles. The highest BCUT2D eigenvalue weighted by Crippen LogP contribution is 2.36. The third-order valence-electron chi connectivity index (χ3n) is 9.63. The fraction of sp³-hybridized carbons (Fsp3) is 0.261. The molecule has 0 amide bonds. The Kier molecular flexibility index (Phi) is 13.9. The molecule has 0 aliphatic carbocycles. The molecule has 2 heterocycles. The average Bonchev–Trinajstić information content (AvgIpc) is 3.79. The van der Waals surface area contributed by atoms with Crippen molar-refractivity contribution in [3.63, 3.8) is 0 Å². The topological polar surface area (TPSA) is 151 Å². The normalized spacial score (nSPS) is 23.5. The summed E-state index contributed by atoms with van der Waals surface area (Å²) in [7, 11) is 1.38. The quantitative estimate of drug-likeness (QED) is 0.0821. The van der Waals surface area contributed by atoms with Gasteiger partial charge in [0.15, 0.2) is 30.9 Å². The predicted molar refractivity (Wildman–Crippen MR) is 209 cm³/mol. The molecule has 13 nitrogen and oxygen atoms in total. The first kappa shape index (κ1) is 41.0. The summed E-state index contributed by atoms with van der Waals surface area (Å²) in [5.41, 5.74) is 1.94. The molecular formula is C46H42O13. The summed E-state index contributed by atoms with van der Waals surface area (Å²) >= 11 is 0. The minimum Gasteiger partial charge on any atom is -0.459 e. The van der Waals surface area contributed by atoms with Gasteiger partial charge in [-0.15, -0.1) is 0 Å². The molecule has 7 rings (SSSR count). The lowest BCUT2D eigenvalue weighted by Gasteiger charge is -2.29. The summed E-state index contributed by atoms with van der Waals surface area (Å²) in [5.74, 6) is -2.63. The van der Waals surface area contributed by atoms with Gasteiger partial charge in [0.05, 0.1) is 28.9 Å². The minimum atomic E-state index is -1.34. The predicted octanol–water partition coefficient (Wildman–Crippen LogP) is 6.22. The van der Waals surface area contributed by atoms with Crippen LogP contribution in [0.4, 0.5) is 0 Å². The molecule has 0 N–H and O–H groups in total. The molecule has 2 saturated heterocycles. The highest BCUT2D eigenvalue weighted by atomic mass is 16.8. The van der Waals surface area contributed by atoms with Crippen molar-refractivity contribution in [1.29, 1.82) is 0 Å². The zero-order valence-corrected chi connectivity index (χ0v) is 32.0. The van der Waals surface area contributed by atoms with Crippen LogP contribution >= 0.6 is 0 Å². The van der Waals surface area contributed by atoms with Crippen LogP contribution in [0.1, 0.15) is 47.0 Å². The van der Waals surface area contributed by atoms with E-state index < -0.39 is 73.1 Å². The Hall–Kier alpha value is -6.22. The first-order valence-electron chi connectivity index (χ1n) is 19.0. The van der Waals surface area contributed by atoms with Gasteiger partial charge >= 0.3 is 23.9 Å². The monoisotopic (exact) mass is 802 g/mol. The van der Waals surface area contributed by atoms with Crippen LogP contribution in [0.15, 0.2) is 152 Å². The van der Waals surface area contributed by atoms with E-state index in [2.05, 4.69) is 0 Å². The number of hydrogen-bond acceptors (Lipinski definition) is 13. The van der Waals surface area contributed by atoms with Crippen molar-refractivity contribution in [2.24, 2.45) is 0 Å². The number of carbonyl (C=O) groups is 4. The molecule has 2 fully saturated rings. The second-order valence-corrected chi connectivity index (χ2v) is 13.6. The van der Waals surface area contributed by atoms with Gasteiger partial charge in [-0.1, -0.05) is 103 Å². The molecule has 0 bridgehead atoms. The molecule has 0 spiro atoms. The molecule has 8 atom stereocenters. The van der Waals surface area contributed by atoms with Crippen LogP contribution in [0.25, 0.3) is 0 Å². The van der Waals surface area contributed by atoms with Crippen LogP contribution in [0, 0.1) is 0 Å². The molecule has 0 unspecified atom stereocenters. The van der Waals surface area contributed by atoms with E-state index in [1.54, 1.807) is 121 Å². The molecule has 5 aromatic carbocycles. The van der Waals surface area contributed by atoms with Crippen molar-refractivity contribution in [3.8, 4) is 0 Å². The Bertz CT molecular complexity index is 2120. The third-order valence-corrected chi connectivity index (χ3v) is 9.63. The lowest BCUT2D eigenvalue weighted by molar-refractivity contribution is -0.247. The number of rotatable bonds is 16. The Morgan fingerprint density at radius 3 is 1.25 bits per heavy atom. The van der Waals surface area contributed by atoms with E-state index in [0.717, 1.165) is 5.56 Å². The van der Waals surface area contributed by atoms with Crippen LogP contribution < -0.4 is 0 Å². The molecule has 0 saturated carbocycles. The van der Waals surface area contributed by atoms with Crippen molar-refractivity contribution in [1.82, 2.24) is 0 Å². The Morgan fingerprint density at radius 1 is 0.458 bits per heavy atom. The van der Waals surface area contributed by atoms with Gasteiger partial charge in [-0.05, 0) is 54.1 Å². The van der Waals surface area contributed by atoms with Crippen LogP contribution in [0.5, 0.6) is 0 Å². The maximum atomic E-state index is 13.6. The zero-order chi connectivity index (χ0) is 41.0. The van der Waals surface area contributed by atoms with Gasteiger partial charge in [-0.25, -0.2) is 19.2 Å². The number of hydrogen-bond donors (Lipinski definition) is 0. The molecule has 59 heavy (non-hydrogen) atoms. The molecule has 0 radical (unpaired) electrons. The SMILES string of the molecule is CO[C@H]1O[C@H](COC(=O)c2ccccc2)[C@@H](OC(=O)c2ccccc2)[C@@H]1O[C@H]1O[C@H](COC(=O)c2ccccc2)[C@@H](OC(=O)c2ccccc2)[C@@H]1OCc1ccccc1. The highest BCUT2D eigenvalue weighted by Gasteiger charge is 2.55. The highest BCUT2D eigenvalue weighted by molar-refractivity contribution is 5.91. The van der Waals surface area contributed by atoms with Gasteiger partial charge in [-0.3, -0.25) is 0 Å². The Labute approximate surface area is 340 Å². The van der Waals surface area contributed by atoms with Gasteiger partial charge < -0.3 is 42.6 Å². The van der Waals surface area contributed by atoms with E-state index in [1.807, 2.05) is 30.3 Å². The first-order valence-corrected chi connectivity index (χ1v) is 19.0. The maximum absolute atomic E-state index is 13.6. The summed E-state index contributed by atoms with van der Waals surface area (Å²) < 4.78 is 54.9. The number of ether oxygens (including phenoxy) is 9. The van der Waals surface area contributed by atoms with E-state index in [4.69, 9.17) is 42.6 Å². The Morgan fingerprint density at radius 2 is 0.831 bits per heavy atom. The van der Waals surface area contributed by atoms with Crippen molar-refractivity contribution in [2.75, 3.05) is 20.3 Å². The molecule has 2 aliphatic rings. The van der Waals surface area contributed by atoms with Gasteiger partial charge in [0, 0.05) is 7.11 Å². The lowest BCUT2D eigenvalue weighted by Crippen LogP contribution is -2.46. The molecular weight excluding hydrogens is 760 g/mol. The van der Waals surface area contributed by atoms with E-state index in [9.17, 15) is 19.2 Å². The van der Waals surface area contributed by atoms with Crippen LogP contribution in [0.3, 0.4) is 0 Å². The van der Waals surface area contributed by atoms with E-state index >= 15 is 0 Å². The fourth-order valence-corrected chi connectivity index (χ4v) is 6.64. The van der Waals surface area contributed by atoms with Crippen molar-refractivity contribution >= 4 is 23.9 Å². The summed E-state index contributed by atoms with van der Waals surface area (Å²) in [5, 5.41) is 0. The first-order chi connectivity index (χ1) is 28.9. The summed E-state index contributed by atoms with van der Waals surface area (Å²) in [6.45, 7) is -0.649. The van der Waals surface area contributed by atoms with Crippen LogP contribution in [0.2, 0.25) is 0 Å². The van der Waals surface area contributed by atoms with E-state index in [-0.39, 0.29) is 30.9 Å². The van der Waals surface area contributed by atoms with E-state index in [0.29, 0.717) is 11.1 Å². The van der Waals surface area contributed by atoms with Crippen molar-refractivity contribution in [2.45, 2.75) is 55.8 Å². The van der Waals surface area contributed by atoms with Crippen LogP contribution in [-0.4, -0.2) is 93.4 Å². The number of esters is 4. The largest absolute Gasteiger partial charge is 0.459 e. The van der Waals surface area contributed by atoms with Gasteiger partial charge in [-0.2, -0.15) is 0 Å². The van der Waals surface area contributed by atoms with Gasteiger partial charge in [0.1, 0.15) is 31.5 Å². The number of benzene rings is 5. The summed E-state index contributed by atoms with van der Waals surface area (Å²) in [6, 6.07) is 42.8. The maximum Gasteiger partial charge on any atom is 0.338 e. The smallest absolute Gasteiger partial charge is 0.338 e. The van der Waals surface area contributed by atoms with E-state index in [1.165, 1.54) is 7.11 Å². The average molecular weight is 803 g/mol. The third kappa shape index (κ3) is 10.5. The zero-order valence-electron chi connectivity index (χ0n) is 32.0. The molecule has 2 aliphatic heterocycles. The Balaban J connectivity index is 1.19. The second-order valence-electron chi connectivity index (χ2n) is 13.6. The summed E-state index contributed by atoms with van der Waals surface area (Å²) in [4.78, 5) is 53.3. The fourth-order valence-electron chi connectivity index (χ4n) is 6.64. The standard InChI is InChI=1S/C46H42O13/c1-51-45-40(38(58-44(50)34-25-15-6-16-26-34)36(55-45)29-54-42(48)32-21-11-4-12-22-32)59-46-39(52-27-30-17-7-2-8-18-30)37(57-43(49)33-23-13-5-14-24-33)35(56-46)28-53-41(47)31-19-9-3-10-20-31/h2-26,35-40,45-46H,27-29H2,1H3/t35-,36-,37-,38-,39+,40+,45+,46-/m1/s1. The van der Waals surface area contributed by atoms with Crippen molar-refractivity contribution < 1.29 is 61.8 Å². The second kappa shape index (κ2) is 20.0. The summed E-state index contributed by atoms with van der Waals surface area (Å²) in [6.07, 6.45) is -9.45.